The molecule has 0 saturated heterocycles. The van der Waals surface area contributed by atoms with Gasteiger partial charge >= 0.3 is 0 Å². The third-order valence-corrected chi connectivity index (χ3v) is 4.82. The molecule has 0 atom stereocenters. The molecule has 25 heavy (non-hydrogen) atoms. The number of rotatable bonds is 7. The van der Waals surface area contributed by atoms with Crippen LogP contribution in [0.2, 0.25) is 0 Å². The van der Waals surface area contributed by atoms with Crippen LogP contribution in [0.15, 0.2) is 53.0 Å². The highest BCUT2D eigenvalue weighted by atomic mass is 32.2. The van der Waals surface area contributed by atoms with Crippen molar-refractivity contribution in [1.82, 2.24) is 24.7 Å². The van der Waals surface area contributed by atoms with E-state index in [1.807, 2.05) is 0 Å². The van der Waals surface area contributed by atoms with Crippen molar-refractivity contribution in [2.75, 3.05) is 5.75 Å². The number of aromatic nitrogens is 5. The summed E-state index contributed by atoms with van der Waals surface area (Å²) in [5.41, 5.74) is 5.90. The van der Waals surface area contributed by atoms with Gasteiger partial charge in [0.2, 0.25) is 5.91 Å². The number of carbonyl (C=O) groups is 1. The van der Waals surface area contributed by atoms with E-state index in [-0.39, 0.29) is 11.6 Å². The first kappa shape index (κ1) is 17.4. The Morgan fingerprint density at radius 1 is 1.12 bits per heavy atom. The summed E-state index contributed by atoms with van der Waals surface area (Å²) in [6.45, 7) is 0. The molecule has 7 nitrogen and oxygen atoms in total. The van der Waals surface area contributed by atoms with E-state index >= 15 is 0 Å². The van der Waals surface area contributed by atoms with Gasteiger partial charge < -0.3 is 5.73 Å². The molecular formula is C15H13FN6OS2. The quantitative estimate of drug-likeness (QED) is 0.498. The maximum atomic E-state index is 13.2. The van der Waals surface area contributed by atoms with Gasteiger partial charge in [0.05, 0.1) is 11.5 Å². The summed E-state index contributed by atoms with van der Waals surface area (Å²) in [4.78, 5) is 19.4. The van der Waals surface area contributed by atoms with Crippen LogP contribution in [0.3, 0.4) is 0 Å². The minimum Gasteiger partial charge on any atom is -0.369 e. The molecule has 0 aliphatic heterocycles. The molecule has 2 aromatic heterocycles. The molecule has 128 valence electrons. The summed E-state index contributed by atoms with van der Waals surface area (Å²) < 4.78 is 15.0. The Hall–Kier alpha value is -2.46. The van der Waals surface area contributed by atoms with Crippen molar-refractivity contribution >= 4 is 29.4 Å². The zero-order valence-corrected chi connectivity index (χ0v) is 14.5. The third kappa shape index (κ3) is 4.54. The van der Waals surface area contributed by atoms with Crippen molar-refractivity contribution in [2.45, 2.75) is 16.1 Å². The summed E-state index contributed by atoms with van der Waals surface area (Å²) in [5.74, 6) is 0.389. The second-order valence-electron chi connectivity index (χ2n) is 4.79. The van der Waals surface area contributed by atoms with Gasteiger partial charge in [0.15, 0.2) is 10.3 Å². The van der Waals surface area contributed by atoms with Gasteiger partial charge in [-0.2, -0.15) is 0 Å². The summed E-state index contributed by atoms with van der Waals surface area (Å²) in [7, 11) is 0. The number of halogens is 1. The van der Waals surface area contributed by atoms with E-state index in [9.17, 15) is 9.18 Å². The standard InChI is InChI=1S/C15H13FN6OS2/c16-10-2-4-11(5-3-10)22-13(9-24-14-18-6-1-7-19-14)20-21-15(22)25-8-12(17)23/h1-7H,8-9H2,(H2,17,23). The van der Waals surface area contributed by atoms with Gasteiger partial charge in [0.1, 0.15) is 11.6 Å². The van der Waals surface area contributed by atoms with Crippen LogP contribution in [0.5, 0.6) is 0 Å². The topological polar surface area (TPSA) is 99.6 Å². The molecule has 1 aromatic carbocycles. The minimum absolute atomic E-state index is 0.0776. The third-order valence-electron chi connectivity index (χ3n) is 3.00. The van der Waals surface area contributed by atoms with Gasteiger partial charge in [-0.25, -0.2) is 14.4 Å². The Morgan fingerprint density at radius 2 is 1.84 bits per heavy atom. The molecule has 0 saturated carbocycles. The summed E-state index contributed by atoms with van der Waals surface area (Å²) in [6.07, 6.45) is 3.32. The lowest BCUT2D eigenvalue weighted by molar-refractivity contribution is -0.115. The number of thioether (sulfide) groups is 2. The lowest BCUT2D eigenvalue weighted by Crippen LogP contribution is -2.14. The fourth-order valence-corrected chi connectivity index (χ4v) is 3.39. The van der Waals surface area contributed by atoms with Crippen LogP contribution in [-0.4, -0.2) is 36.4 Å². The van der Waals surface area contributed by atoms with Crippen molar-refractivity contribution in [3.05, 3.63) is 54.4 Å². The van der Waals surface area contributed by atoms with Gasteiger partial charge in [-0.3, -0.25) is 9.36 Å². The molecule has 2 heterocycles. The van der Waals surface area contributed by atoms with Crippen LogP contribution in [-0.2, 0) is 10.5 Å². The summed E-state index contributed by atoms with van der Waals surface area (Å²) >= 11 is 2.58. The van der Waals surface area contributed by atoms with Crippen LogP contribution in [0.1, 0.15) is 5.82 Å². The largest absolute Gasteiger partial charge is 0.369 e. The fraction of sp³-hybridized carbons (Fsp3) is 0.133. The van der Waals surface area contributed by atoms with Gasteiger partial charge in [-0.1, -0.05) is 23.5 Å². The molecule has 3 rings (SSSR count). The number of hydrogen-bond acceptors (Lipinski definition) is 7. The van der Waals surface area contributed by atoms with Gasteiger partial charge in [0, 0.05) is 18.1 Å². The molecule has 0 aliphatic carbocycles. The van der Waals surface area contributed by atoms with Crippen molar-refractivity contribution in [3.63, 3.8) is 0 Å². The first-order chi connectivity index (χ1) is 12.1. The summed E-state index contributed by atoms with van der Waals surface area (Å²) in [5, 5.41) is 9.42. The monoisotopic (exact) mass is 376 g/mol. The van der Waals surface area contributed by atoms with Crippen molar-refractivity contribution in [2.24, 2.45) is 5.73 Å². The Balaban J connectivity index is 1.88. The Labute approximate surface area is 151 Å². The molecule has 0 fully saturated rings. The molecule has 0 spiro atoms. The van der Waals surface area contributed by atoms with Gasteiger partial charge in [-0.05, 0) is 30.3 Å². The van der Waals surface area contributed by atoms with E-state index in [4.69, 9.17) is 5.73 Å². The number of nitrogens with two attached hydrogens (primary N) is 1. The van der Waals surface area contributed by atoms with Crippen LogP contribution < -0.4 is 5.73 Å². The second kappa shape index (κ2) is 8.08. The average Bonchev–Trinajstić information content (AvgIpc) is 3.02. The Morgan fingerprint density at radius 3 is 2.52 bits per heavy atom. The van der Waals surface area contributed by atoms with E-state index in [1.54, 1.807) is 35.2 Å². The van der Waals surface area contributed by atoms with Crippen LogP contribution in [0.4, 0.5) is 4.39 Å². The Bertz CT molecular complexity index is 856. The van der Waals surface area contributed by atoms with Crippen molar-refractivity contribution in [3.8, 4) is 5.69 Å². The molecule has 3 aromatic rings. The number of carbonyl (C=O) groups excluding carboxylic acids is 1. The van der Waals surface area contributed by atoms with E-state index in [1.165, 1.54) is 35.7 Å². The summed E-state index contributed by atoms with van der Waals surface area (Å²) in [6, 6.07) is 7.70. The number of amides is 1. The molecular weight excluding hydrogens is 363 g/mol. The van der Waals surface area contributed by atoms with E-state index in [0.29, 0.717) is 27.6 Å². The SMILES string of the molecule is NC(=O)CSc1nnc(CSc2ncccn2)n1-c1ccc(F)cc1. The molecule has 1 amide bonds. The zero-order chi connectivity index (χ0) is 17.6. The van der Waals surface area contributed by atoms with Gasteiger partial charge in [0.25, 0.3) is 0 Å². The zero-order valence-electron chi connectivity index (χ0n) is 12.9. The molecule has 0 aliphatic rings. The van der Waals surface area contributed by atoms with Crippen molar-refractivity contribution < 1.29 is 9.18 Å². The highest BCUT2D eigenvalue weighted by Gasteiger charge is 2.16. The normalized spacial score (nSPS) is 10.8. The van der Waals surface area contributed by atoms with E-state index in [0.717, 1.165) is 0 Å². The predicted molar refractivity (Wildman–Crippen MR) is 92.8 cm³/mol. The molecule has 2 N–H and O–H groups in total. The van der Waals surface area contributed by atoms with Crippen molar-refractivity contribution in [1.29, 1.82) is 0 Å². The molecule has 0 bridgehead atoms. The van der Waals surface area contributed by atoms with E-state index in [2.05, 4.69) is 20.2 Å². The molecule has 0 unspecified atom stereocenters. The smallest absolute Gasteiger partial charge is 0.227 e. The van der Waals surface area contributed by atoms with Crippen LogP contribution >= 0.6 is 23.5 Å². The number of hydrogen-bond donors (Lipinski definition) is 1. The highest BCUT2D eigenvalue weighted by Crippen LogP contribution is 2.25. The van der Waals surface area contributed by atoms with E-state index < -0.39 is 5.91 Å². The maximum absolute atomic E-state index is 13.2. The fourth-order valence-electron chi connectivity index (χ4n) is 1.96. The average molecular weight is 376 g/mol. The highest BCUT2D eigenvalue weighted by molar-refractivity contribution is 7.99. The second-order valence-corrected chi connectivity index (χ2v) is 6.67. The number of nitrogens with zero attached hydrogens (tertiary/aromatic N) is 5. The first-order valence-electron chi connectivity index (χ1n) is 7.14. The van der Waals surface area contributed by atoms with Gasteiger partial charge in [-0.15, -0.1) is 10.2 Å². The number of benzene rings is 1. The Kier molecular flexibility index (Phi) is 5.61. The lowest BCUT2D eigenvalue weighted by Gasteiger charge is -2.09. The first-order valence-corrected chi connectivity index (χ1v) is 9.12. The minimum atomic E-state index is -0.452. The lowest BCUT2D eigenvalue weighted by atomic mass is 10.3. The molecule has 10 heteroatoms. The maximum Gasteiger partial charge on any atom is 0.227 e. The van der Waals surface area contributed by atoms with Crippen LogP contribution in [0.25, 0.3) is 5.69 Å². The molecule has 0 radical (unpaired) electrons. The van der Waals surface area contributed by atoms with Crippen LogP contribution in [0, 0.1) is 5.82 Å². The predicted octanol–water partition coefficient (Wildman–Crippen LogP) is 2.07. The number of primary amides is 1.